The van der Waals surface area contributed by atoms with Gasteiger partial charge in [-0.25, -0.2) is 4.39 Å². The van der Waals surface area contributed by atoms with Gasteiger partial charge in [0.05, 0.1) is 0 Å². The van der Waals surface area contributed by atoms with E-state index >= 15 is 0 Å². The predicted molar refractivity (Wildman–Crippen MR) is 72.7 cm³/mol. The third kappa shape index (κ3) is 3.32. The van der Waals surface area contributed by atoms with Gasteiger partial charge in [0.15, 0.2) is 0 Å². The lowest BCUT2D eigenvalue weighted by molar-refractivity contribution is -0.128. The topological polar surface area (TPSA) is 46.3 Å². The minimum absolute atomic E-state index is 0.200. The number of halogens is 1. The molecule has 1 aliphatic rings. The molecule has 2 N–H and O–H groups in total. The monoisotopic (exact) mass is 264 g/mol. The van der Waals surface area contributed by atoms with E-state index in [9.17, 15) is 9.18 Å². The highest BCUT2D eigenvalue weighted by Crippen LogP contribution is 2.24. The molecule has 0 radical (unpaired) electrons. The molecule has 0 aromatic heterocycles. The molecule has 0 bridgehead atoms. The smallest absolute Gasteiger partial charge is 0.223 e. The van der Waals surface area contributed by atoms with Crippen LogP contribution in [0.2, 0.25) is 0 Å². The summed E-state index contributed by atoms with van der Waals surface area (Å²) in [5.41, 5.74) is 7.37. The van der Waals surface area contributed by atoms with Gasteiger partial charge in [0.2, 0.25) is 5.91 Å². The summed E-state index contributed by atoms with van der Waals surface area (Å²) >= 11 is 0. The van der Waals surface area contributed by atoms with Gasteiger partial charge in [0.1, 0.15) is 5.82 Å². The first-order valence-electron chi connectivity index (χ1n) is 6.89. The van der Waals surface area contributed by atoms with Crippen molar-refractivity contribution in [2.45, 2.75) is 39.3 Å². The first kappa shape index (κ1) is 14.0. The number of benzene rings is 1. The number of carbonyl (C=O) groups excluding carboxylic acids is 1. The highest BCUT2D eigenvalue weighted by atomic mass is 19.1. The second-order valence-electron chi connectivity index (χ2n) is 5.25. The highest BCUT2D eigenvalue weighted by molar-refractivity contribution is 5.78. The zero-order chi connectivity index (χ0) is 13.8. The standard InChI is InChI=1S/C15H21FN2O/c1-2-3-11-6-15(19)18(9-11)10-12-4-5-14(16)7-13(12)8-17/h4-5,7,11H,2-3,6,8-10,17H2,1H3. The highest BCUT2D eigenvalue weighted by Gasteiger charge is 2.29. The Morgan fingerprint density at radius 1 is 1.42 bits per heavy atom. The molecule has 0 aliphatic carbocycles. The predicted octanol–water partition coefficient (Wildman–Crippen LogP) is 2.43. The molecule has 2 rings (SSSR count). The molecule has 0 spiro atoms. The maximum atomic E-state index is 13.2. The van der Waals surface area contributed by atoms with E-state index < -0.39 is 0 Å². The van der Waals surface area contributed by atoms with Crippen LogP contribution in [0.5, 0.6) is 0 Å². The molecule has 0 saturated carbocycles. The van der Waals surface area contributed by atoms with Crippen molar-refractivity contribution in [2.24, 2.45) is 11.7 Å². The minimum Gasteiger partial charge on any atom is -0.338 e. The quantitative estimate of drug-likeness (QED) is 0.888. The van der Waals surface area contributed by atoms with Crippen molar-refractivity contribution in [2.75, 3.05) is 6.54 Å². The Labute approximate surface area is 113 Å². The van der Waals surface area contributed by atoms with E-state index in [1.807, 2.05) is 4.90 Å². The summed E-state index contributed by atoms with van der Waals surface area (Å²) in [4.78, 5) is 13.8. The Morgan fingerprint density at radius 2 is 2.21 bits per heavy atom. The van der Waals surface area contributed by atoms with Crippen LogP contribution in [-0.4, -0.2) is 17.4 Å². The average molecular weight is 264 g/mol. The maximum Gasteiger partial charge on any atom is 0.223 e. The Kier molecular flexibility index (Phi) is 4.53. The lowest BCUT2D eigenvalue weighted by Gasteiger charge is -2.18. The molecule has 1 amide bonds. The second-order valence-corrected chi connectivity index (χ2v) is 5.25. The van der Waals surface area contributed by atoms with E-state index in [1.165, 1.54) is 12.1 Å². The van der Waals surface area contributed by atoms with E-state index in [1.54, 1.807) is 6.07 Å². The largest absolute Gasteiger partial charge is 0.338 e. The number of likely N-dealkylation sites (tertiary alicyclic amines) is 1. The third-order valence-electron chi connectivity index (χ3n) is 3.74. The van der Waals surface area contributed by atoms with Crippen LogP contribution in [0, 0.1) is 11.7 Å². The summed E-state index contributed by atoms with van der Waals surface area (Å²) in [5, 5.41) is 0. The average Bonchev–Trinajstić information content (AvgIpc) is 2.72. The molecule has 3 nitrogen and oxygen atoms in total. The van der Waals surface area contributed by atoms with Crippen LogP contribution in [0.3, 0.4) is 0 Å². The second kappa shape index (κ2) is 6.15. The van der Waals surface area contributed by atoms with Crippen LogP contribution < -0.4 is 5.73 Å². The summed E-state index contributed by atoms with van der Waals surface area (Å²) in [6, 6.07) is 4.62. The molecule has 1 fully saturated rings. The molecular weight excluding hydrogens is 243 g/mol. The SMILES string of the molecule is CCCC1CC(=O)N(Cc2ccc(F)cc2CN)C1. The number of nitrogens with zero attached hydrogens (tertiary/aromatic N) is 1. The Bertz CT molecular complexity index is 461. The van der Waals surface area contributed by atoms with Crippen LogP contribution in [0.25, 0.3) is 0 Å². The zero-order valence-electron chi connectivity index (χ0n) is 11.4. The van der Waals surface area contributed by atoms with E-state index in [0.29, 0.717) is 25.4 Å². The molecule has 1 aromatic carbocycles. The number of rotatable bonds is 5. The first-order chi connectivity index (χ1) is 9.13. The zero-order valence-corrected chi connectivity index (χ0v) is 11.4. The van der Waals surface area contributed by atoms with Crippen molar-refractivity contribution in [3.8, 4) is 0 Å². The van der Waals surface area contributed by atoms with Crippen molar-refractivity contribution in [1.82, 2.24) is 4.90 Å². The molecule has 1 aromatic rings. The van der Waals surface area contributed by atoms with Gasteiger partial charge in [-0.3, -0.25) is 4.79 Å². The van der Waals surface area contributed by atoms with Crippen molar-refractivity contribution < 1.29 is 9.18 Å². The lowest BCUT2D eigenvalue weighted by Crippen LogP contribution is -2.25. The Balaban J connectivity index is 2.07. The number of hydrogen-bond donors (Lipinski definition) is 1. The fourth-order valence-corrected chi connectivity index (χ4v) is 2.75. The summed E-state index contributed by atoms with van der Waals surface area (Å²) < 4.78 is 13.2. The minimum atomic E-state index is -0.277. The van der Waals surface area contributed by atoms with Crippen molar-refractivity contribution in [3.63, 3.8) is 0 Å². The van der Waals surface area contributed by atoms with E-state index in [2.05, 4.69) is 6.92 Å². The van der Waals surface area contributed by atoms with Gasteiger partial charge < -0.3 is 10.6 Å². The van der Waals surface area contributed by atoms with Gasteiger partial charge >= 0.3 is 0 Å². The van der Waals surface area contributed by atoms with Gasteiger partial charge in [-0.05, 0) is 35.6 Å². The van der Waals surface area contributed by atoms with Gasteiger partial charge in [-0.15, -0.1) is 0 Å². The molecule has 1 saturated heterocycles. The van der Waals surface area contributed by atoms with E-state index in [0.717, 1.165) is 30.5 Å². The molecule has 19 heavy (non-hydrogen) atoms. The number of nitrogens with two attached hydrogens (primary N) is 1. The summed E-state index contributed by atoms with van der Waals surface area (Å²) in [7, 11) is 0. The molecular formula is C15H21FN2O. The van der Waals surface area contributed by atoms with Crippen molar-refractivity contribution >= 4 is 5.91 Å². The van der Waals surface area contributed by atoms with Crippen LogP contribution >= 0.6 is 0 Å². The van der Waals surface area contributed by atoms with Crippen LogP contribution in [0.4, 0.5) is 4.39 Å². The molecule has 1 unspecified atom stereocenters. The van der Waals surface area contributed by atoms with Crippen molar-refractivity contribution in [3.05, 3.63) is 35.1 Å². The molecule has 4 heteroatoms. The van der Waals surface area contributed by atoms with Crippen LogP contribution in [0.1, 0.15) is 37.3 Å². The Hall–Kier alpha value is -1.42. The van der Waals surface area contributed by atoms with Crippen LogP contribution in [-0.2, 0) is 17.9 Å². The fourth-order valence-electron chi connectivity index (χ4n) is 2.75. The first-order valence-corrected chi connectivity index (χ1v) is 6.89. The molecule has 1 aliphatic heterocycles. The number of hydrogen-bond acceptors (Lipinski definition) is 2. The maximum absolute atomic E-state index is 13.2. The summed E-state index contributed by atoms with van der Waals surface area (Å²) in [6.07, 6.45) is 2.85. The van der Waals surface area contributed by atoms with Crippen LogP contribution in [0.15, 0.2) is 18.2 Å². The Morgan fingerprint density at radius 3 is 2.89 bits per heavy atom. The summed E-state index contributed by atoms with van der Waals surface area (Å²) in [5.74, 6) is 0.394. The van der Waals surface area contributed by atoms with E-state index in [-0.39, 0.29) is 11.7 Å². The third-order valence-corrected chi connectivity index (χ3v) is 3.74. The van der Waals surface area contributed by atoms with Gasteiger partial charge in [0, 0.05) is 26.1 Å². The molecule has 104 valence electrons. The normalized spacial score (nSPS) is 19.2. The van der Waals surface area contributed by atoms with E-state index in [4.69, 9.17) is 5.73 Å². The number of carbonyl (C=O) groups is 1. The van der Waals surface area contributed by atoms with Gasteiger partial charge in [-0.1, -0.05) is 19.4 Å². The van der Waals surface area contributed by atoms with Gasteiger partial charge in [-0.2, -0.15) is 0 Å². The van der Waals surface area contributed by atoms with Gasteiger partial charge in [0.25, 0.3) is 0 Å². The van der Waals surface area contributed by atoms with Crippen molar-refractivity contribution in [1.29, 1.82) is 0 Å². The fraction of sp³-hybridized carbons (Fsp3) is 0.533. The number of amides is 1. The molecule has 1 heterocycles. The molecule has 1 atom stereocenters. The summed E-state index contributed by atoms with van der Waals surface area (Å²) in [6.45, 7) is 3.80. The lowest BCUT2D eigenvalue weighted by atomic mass is 10.0.